The Morgan fingerprint density at radius 2 is 1.88 bits per heavy atom. The fourth-order valence-electron chi connectivity index (χ4n) is 5.04. The molecule has 0 aromatic carbocycles. The Bertz CT molecular complexity index is 995. The van der Waals surface area contributed by atoms with Gasteiger partial charge in [0.15, 0.2) is 5.16 Å². The van der Waals surface area contributed by atoms with Crippen LogP contribution in [-0.2, 0) is 35.8 Å². The number of anilines is 1. The Balaban J connectivity index is 1.36. The van der Waals surface area contributed by atoms with Gasteiger partial charge in [-0.3, -0.25) is 4.79 Å². The predicted molar refractivity (Wildman–Crippen MR) is 137 cm³/mol. The number of amides is 1. The number of aromatic nitrogens is 3. The fourth-order valence-corrected chi connectivity index (χ4v) is 7.06. The van der Waals surface area contributed by atoms with E-state index in [-0.39, 0.29) is 17.6 Å². The highest BCUT2D eigenvalue weighted by Crippen LogP contribution is 2.38. The molecule has 0 radical (unpaired) electrons. The number of esters is 1. The van der Waals surface area contributed by atoms with E-state index in [0.717, 1.165) is 61.0 Å². The summed E-state index contributed by atoms with van der Waals surface area (Å²) >= 11 is 2.92. The first kappa shape index (κ1) is 25.2. The predicted octanol–water partition coefficient (Wildman–Crippen LogP) is 5.57. The topological polar surface area (TPSA) is 86.1 Å². The molecule has 7 nitrogen and oxygen atoms in total. The largest absolute Gasteiger partial charge is 0.462 e. The van der Waals surface area contributed by atoms with Crippen molar-refractivity contribution in [3.63, 3.8) is 0 Å². The van der Waals surface area contributed by atoms with E-state index < -0.39 is 0 Å². The molecule has 0 atom stereocenters. The summed E-state index contributed by atoms with van der Waals surface area (Å²) in [7, 11) is 1.98. The van der Waals surface area contributed by atoms with E-state index in [4.69, 9.17) is 4.74 Å². The minimum atomic E-state index is -0.333. The van der Waals surface area contributed by atoms with E-state index in [1.54, 1.807) is 0 Å². The monoisotopic (exact) mass is 504 g/mol. The molecule has 0 saturated heterocycles. The van der Waals surface area contributed by atoms with Gasteiger partial charge in [-0.15, -0.1) is 21.5 Å². The highest BCUT2D eigenvalue weighted by molar-refractivity contribution is 7.99. The van der Waals surface area contributed by atoms with Gasteiger partial charge in [-0.1, -0.05) is 50.3 Å². The van der Waals surface area contributed by atoms with Crippen LogP contribution in [0.25, 0.3) is 0 Å². The summed E-state index contributed by atoms with van der Waals surface area (Å²) in [4.78, 5) is 26.7. The van der Waals surface area contributed by atoms with Crippen LogP contribution in [0.1, 0.15) is 91.3 Å². The van der Waals surface area contributed by atoms with Crippen LogP contribution in [-0.4, -0.2) is 39.0 Å². The van der Waals surface area contributed by atoms with Crippen LogP contribution < -0.4 is 5.32 Å². The molecule has 4 rings (SSSR count). The van der Waals surface area contributed by atoms with Crippen molar-refractivity contribution in [3.05, 3.63) is 21.8 Å². The van der Waals surface area contributed by atoms with Gasteiger partial charge in [-0.25, -0.2) is 4.79 Å². The van der Waals surface area contributed by atoms with E-state index in [1.807, 2.05) is 18.5 Å². The molecule has 34 heavy (non-hydrogen) atoms. The van der Waals surface area contributed by atoms with Gasteiger partial charge in [0.25, 0.3) is 0 Å². The molecular weight excluding hydrogens is 468 g/mol. The highest BCUT2D eigenvalue weighted by Gasteiger charge is 2.27. The van der Waals surface area contributed by atoms with Crippen LogP contribution in [0.15, 0.2) is 5.16 Å². The number of nitrogens with zero attached hydrogens (tertiary/aromatic N) is 3. The second kappa shape index (κ2) is 12.2. The molecule has 2 heterocycles. The van der Waals surface area contributed by atoms with E-state index in [1.165, 1.54) is 66.5 Å². The standard InChI is InChI=1S/C25H36N4O3S2/c1-3-32-24(31)22-18-12-8-5-9-13-19(18)34-23(22)26-21(30)16-33-25-28-27-20(29(25)2)15-14-17-10-6-4-7-11-17/h17H,3-16H2,1-2H3,(H,26,30). The van der Waals surface area contributed by atoms with Crippen LogP contribution in [0, 0.1) is 5.92 Å². The number of nitrogens with one attached hydrogen (secondary N) is 1. The Labute approximate surface area is 210 Å². The summed E-state index contributed by atoms with van der Waals surface area (Å²) in [6, 6.07) is 0. The molecule has 0 bridgehead atoms. The van der Waals surface area contributed by atoms with Gasteiger partial charge in [0, 0.05) is 18.3 Å². The zero-order chi connectivity index (χ0) is 23.9. The molecule has 2 aliphatic rings. The van der Waals surface area contributed by atoms with Gasteiger partial charge in [0.2, 0.25) is 5.91 Å². The fraction of sp³-hybridized carbons (Fsp3) is 0.680. The van der Waals surface area contributed by atoms with Crippen molar-refractivity contribution < 1.29 is 14.3 Å². The maximum atomic E-state index is 12.8. The lowest BCUT2D eigenvalue weighted by molar-refractivity contribution is -0.113. The van der Waals surface area contributed by atoms with E-state index in [9.17, 15) is 9.59 Å². The van der Waals surface area contributed by atoms with E-state index >= 15 is 0 Å². The van der Waals surface area contributed by atoms with Gasteiger partial charge in [0.05, 0.1) is 17.9 Å². The molecule has 9 heteroatoms. The Hall–Kier alpha value is -1.87. The molecule has 2 aliphatic carbocycles. The first-order chi connectivity index (χ1) is 16.6. The van der Waals surface area contributed by atoms with Gasteiger partial charge in [-0.05, 0) is 50.5 Å². The average Bonchev–Trinajstić information content (AvgIpc) is 3.27. The maximum absolute atomic E-state index is 12.8. The molecule has 2 aromatic heterocycles. The smallest absolute Gasteiger partial charge is 0.341 e. The van der Waals surface area contributed by atoms with Crippen molar-refractivity contribution in [1.82, 2.24) is 14.8 Å². The lowest BCUT2D eigenvalue weighted by atomic mass is 9.86. The third-order valence-electron chi connectivity index (χ3n) is 6.91. The van der Waals surface area contributed by atoms with Gasteiger partial charge < -0.3 is 14.6 Å². The molecule has 0 spiro atoms. The molecule has 1 saturated carbocycles. The first-order valence-electron chi connectivity index (χ1n) is 12.7. The normalized spacial score (nSPS) is 16.6. The number of rotatable bonds is 9. The number of hydrogen-bond donors (Lipinski definition) is 1. The van der Waals surface area contributed by atoms with E-state index in [0.29, 0.717) is 17.2 Å². The van der Waals surface area contributed by atoms with Crippen LogP contribution >= 0.6 is 23.1 Å². The van der Waals surface area contributed by atoms with Crippen molar-refractivity contribution in [3.8, 4) is 0 Å². The minimum Gasteiger partial charge on any atom is -0.462 e. The van der Waals surface area contributed by atoms with Gasteiger partial charge in [0.1, 0.15) is 10.8 Å². The zero-order valence-electron chi connectivity index (χ0n) is 20.4. The third kappa shape index (κ3) is 6.22. The molecule has 186 valence electrons. The summed E-state index contributed by atoms with van der Waals surface area (Å²) in [5.41, 5.74) is 1.63. The number of carbonyl (C=O) groups excluding carboxylic acids is 2. The number of aryl methyl sites for hydroxylation is 2. The summed E-state index contributed by atoms with van der Waals surface area (Å²) in [5, 5.41) is 13.1. The Morgan fingerprint density at radius 1 is 1.12 bits per heavy atom. The quantitative estimate of drug-likeness (QED) is 0.273. The number of ether oxygens (including phenoxy) is 1. The number of thiophene rings is 1. The van der Waals surface area contributed by atoms with Crippen molar-refractivity contribution >= 4 is 40.0 Å². The summed E-state index contributed by atoms with van der Waals surface area (Å²) < 4.78 is 7.33. The third-order valence-corrected chi connectivity index (χ3v) is 9.14. The number of thioether (sulfide) groups is 1. The number of hydrogen-bond acceptors (Lipinski definition) is 7. The lowest BCUT2D eigenvalue weighted by Crippen LogP contribution is -2.17. The molecule has 0 unspecified atom stereocenters. The SMILES string of the molecule is CCOC(=O)c1c(NC(=O)CSc2nnc(CCC3CCCCC3)n2C)sc2c1CCCCC2. The summed E-state index contributed by atoms with van der Waals surface area (Å²) in [5.74, 6) is 1.54. The molecule has 1 amide bonds. The molecule has 1 N–H and O–H groups in total. The Kier molecular flexibility index (Phi) is 9.05. The summed E-state index contributed by atoms with van der Waals surface area (Å²) in [6.45, 7) is 2.13. The number of fused-ring (bicyclic) bond motifs is 1. The van der Waals surface area contributed by atoms with Crippen molar-refractivity contribution in [2.45, 2.75) is 89.1 Å². The molecule has 2 aromatic rings. The number of carbonyl (C=O) groups is 2. The van der Waals surface area contributed by atoms with E-state index in [2.05, 4.69) is 15.5 Å². The molecular formula is C25H36N4O3S2. The average molecular weight is 505 g/mol. The van der Waals surface area contributed by atoms with Gasteiger partial charge in [-0.2, -0.15) is 0 Å². The first-order valence-corrected chi connectivity index (χ1v) is 14.5. The van der Waals surface area contributed by atoms with Gasteiger partial charge >= 0.3 is 5.97 Å². The van der Waals surface area contributed by atoms with Crippen LogP contribution in [0.3, 0.4) is 0 Å². The minimum absolute atomic E-state index is 0.140. The maximum Gasteiger partial charge on any atom is 0.341 e. The Morgan fingerprint density at radius 3 is 2.68 bits per heavy atom. The summed E-state index contributed by atoms with van der Waals surface area (Å²) in [6.07, 6.45) is 14.0. The highest BCUT2D eigenvalue weighted by atomic mass is 32.2. The van der Waals surface area contributed by atoms with Crippen LogP contribution in [0.2, 0.25) is 0 Å². The molecule has 0 aliphatic heterocycles. The zero-order valence-corrected chi connectivity index (χ0v) is 22.0. The molecule has 1 fully saturated rings. The van der Waals surface area contributed by atoms with Crippen molar-refractivity contribution in [2.24, 2.45) is 13.0 Å². The van der Waals surface area contributed by atoms with Crippen LogP contribution in [0.4, 0.5) is 5.00 Å². The van der Waals surface area contributed by atoms with Crippen molar-refractivity contribution in [2.75, 3.05) is 17.7 Å². The van der Waals surface area contributed by atoms with Crippen LogP contribution in [0.5, 0.6) is 0 Å². The second-order valence-electron chi connectivity index (χ2n) is 9.33. The lowest BCUT2D eigenvalue weighted by Gasteiger charge is -2.20. The second-order valence-corrected chi connectivity index (χ2v) is 11.4. The van der Waals surface area contributed by atoms with Crippen molar-refractivity contribution in [1.29, 1.82) is 0 Å².